The summed E-state index contributed by atoms with van der Waals surface area (Å²) in [6.45, 7) is 1.15. The van der Waals surface area contributed by atoms with Gasteiger partial charge in [0.1, 0.15) is 18.2 Å². The molecule has 3 N–H and O–H groups in total. The van der Waals surface area contributed by atoms with Crippen LogP contribution in [0.1, 0.15) is 0 Å². The van der Waals surface area contributed by atoms with Crippen LogP contribution in [0.25, 0.3) is 0 Å². The van der Waals surface area contributed by atoms with E-state index < -0.39 is 0 Å². The van der Waals surface area contributed by atoms with Gasteiger partial charge in [0.05, 0.1) is 4.47 Å². The Balaban J connectivity index is 1.87. The number of nitrogen functional groups attached to an aromatic ring is 1. The molecule has 0 aliphatic carbocycles. The Labute approximate surface area is 128 Å². The normalized spacial score (nSPS) is 13.1. The van der Waals surface area contributed by atoms with Crippen molar-refractivity contribution in [3.63, 3.8) is 0 Å². The molecular weight excluding hydrogens is 344 g/mol. The average Bonchev–Trinajstić information content (AvgIpc) is 2.49. The minimum atomic E-state index is 0.369. The summed E-state index contributed by atoms with van der Waals surface area (Å²) < 4.78 is 11.9. The van der Waals surface area contributed by atoms with Crippen LogP contribution >= 0.6 is 27.7 Å². The predicted molar refractivity (Wildman–Crippen MR) is 79.1 cm³/mol. The summed E-state index contributed by atoms with van der Waals surface area (Å²) in [7, 11) is 0. The fraction of sp³-hybridized carbons (Fsp3) is 0.167. The van der Waals surface area contributed by atoms with E-state index in [1.54, 1.807) is 6.20 Å². The van der Waals surface area contributed by atoms with Crippen molar-refractivity contribution in [2.75, 3.05) is 18.6 Å². The van der Waals surface area contributed by atoms with Gasteiger partial charge in [0.15, 0.2) is 11.5 Å². The van der Waals surface area contributed by atoms with Crippen molar-refractivity contribution in [3.05, 3.63) is 28.9 Å². The zero-order valence-electron chi connectivity index (χ0n) is 10.3. The summed E-state index contributed by atoms with van der Waals surface area (Å²) >= 11 is 4.91. The number of hydrogen-bond acceptors (Lipinski definition) is 7. The molecule has 0 radical (unpaired) electrons. The van der Waals surface area contributed by atoms with Crippen molar-refractivity contribution in [3.8, 4) is 11.5 Å². The third kappa shape index (κ3) is 2.82. The molecule has 3 rings (SSSR count). The van der Waals surface area contributed by atoms with Crippen molar-refractivity contribution < 1.29 is 9.47 Å². The fourth-order valence-corrected chi connectivity index (χ4v) is 2.93. The molecule has 0 saturated carbocycles. The summed E-state index contributed by atoms with van der Waals surface area (Å²) in [6.07, 6.45) is 1.66. The van der Waals surface area contributed by atoms with Gasteiger partial charge in [-0.05, 0) is 34.1 Å². The van der Waals surface area contributed by atoms with Crippen LogP contribution in [0, 0.1) is 0 Å². The molecule has 1 aromatic carbocycles. The molecule has 2 aromatic rings. The summed E-state index contributed by atoms with van der Waals surface area (Å²) in [5.74, 6) is 7.21. The Morgan fingerprint density at radius 3 is 2.85 bits per heavy atom. The van der Waals surface area contributed by atoms with E-state index in [0.29, 0.717) is 19.2 Å². The highest BCUT2D eigenvalue weighted by atomic mass is 79.9. The lowest BCUT2D eigenvalue weighted by molar-refractivity contribution is 0.171. The second kappa shape index (κ2) is 5.86. The molecular formula is C12H11BrN4O2S. The van der Waals surface area contributed by atoms with Crippen molar-refractivity contribution in [2.45, 2.75) is 9.92 Å². The summed E-state index contributed by atoms with van der Waals surface area (Å²) in [5, 5.41) is 0.768. The number of aromatic nitrogens is 2. The maximum atomic E-state index is 5.56. The Bertz CT molecular complexity index is 641. The van der Waals surface area contributed by atoms with Crippen LogP contribution in [0.3, 0.4) is 0 Å². The first-order valence-electron chi connectivity index (χ1n) is 5.83. The standard InChI is InChI=1S/C12H11BrN4O2S/c13-8-6-15-12(17-14)16-11(8)20-7-1-2-9-10(5-7)19-4-3-18-9/h1-2,5-6H,3-4,14H2,(H,15,16,17). The number of benzene rings is 1. The quantitative estimate of drug-likeness (QED) is 0.497. The number of nitrogens with one attached hydrogen (secondary N) is 1. The van der Waals surface area contributed by atoms with Crippen molar-refractivity contribution in [2.24, 2.45) is 5.84 Å². The van der Waals surface area contributed by atoms with E-state index in [2.05, 4.69) is 31.3 Å². The Morgan fingerprint density at radius 1 is 1.25 bits per heavy atom. The maximum absolute atomic E-state index is 5.56. The van der Waals surface area contributed by atoms with Gasteiger partial charge in [0.2, 0.25) is 5.95 Å². The molecule has 8 heteroatoms. The minimum absolute atomic E-state index is 0.369. The zero-order valence-corrected chi connectivity index (χ0v) is 12.7. The molecule has 0 bridgehead atoms. The van der Waals surface area contributed by atoms with Gasteiger partial charge in [-0.15, -0.1) is 0 Å². The number of hydrogen-bond donors (Lipinski definition) is 2. The van der Waals surface area contributed by atoms with E-state index >= 15 is 0 Å². The number of nitrogens with two attached hydrogens (primary N) is 1. The van der Waals surface area contributed by atoms with Gasteiger partial charge in [0, 0.05) is 11.1 Å². The van der Waals surface area contributed by atoms with E-state index in [1.807, 2.05) is 18.2 Å². The Morgan fingerprint density at radius 2 is 2.05 bits per heavy atom. The molecule has 0 fully saturated rings. The molecule has 6 nitrogen and oxygen atoms in total. The first-order chi connectivity index (χ1) is 9.76. The highest BCUT2D eigenvalue weighted by Crippen LogP contribution is 2.38. The minimum Gasteiger partial charge on any atom is -0.486 e. The second-order valence-corrected chi connectivity index (χ2v) is 5.82. The lowest BCUT2D eigenvalue weighted by Gasteiger charge is -2.18. The van der Waals surface area contributed by atoms with E-state index in [1.165, 1.54) is 11.8 Å². The van der Waals surface area contributed by atoms with Crippen LogP contribution in [0.15, 0.2) is 38.8 Å². The molecule has 1 aliphatic rings. The van der Waals surface area contributed by atoms with Crippen molar-refractivity contribution in [1.82, 2.24) is 9.97 Å². The molecule has 1 aliphatic heterocycles. The third-order valence-corrected chi connectivity index (χ3v) is 4.41. The topological polar surface area (TPSA) is 82.3 Å². The molecule has 104 valence electrons. The summed E-state index contributed by atoms with van der Waals surface area (Å²) in [6, 6.07) is 5.79. The average molecular weight is 355 g/mol. The van der Waals surface area contributed by atoms with Gasteiger partial charge in [-0.25, -0.2) is 15.8 Å². The van der Waals surface area contributed by atoms with Gasteiger partial charge >= 0.3 is 0 Å². The Hall–Kier alpha value is -1.51. The number of nitrogens with zero attached hydrogens (tertiary/aromatic N) is 2. The van der Waals surface area contributed by atoms with Crippen LogP contribution in [0.2, 0.25) is 0 Å². The molecule has 0 atom stereocenters. The molecule has 0 amide bonds. The number of halogens is 1. The number of hydrazine groups is 1. The molecule has 0 saturated heterocycles. The fourth-order valence-electron chi connectivity index (χ4n) is 1.69. The molecule has 20 heavy (non-hydrogen) atoms. The van der Waals surface area contributed by atoms with Gasteiger partial charge < -0.3 is 9.47 Å². The maximum Gasteiger partial charge on any atom is 0.238 e. The van der Waals surface area contributed by atoms with E-state index in [9.17, 15) is 0 Å². The lowest BCUT2D eigenvalue weighted by Crippen LogP contribution is -2.15. The van der Waals surface area contributed by atoms with Gasteiger partial charge in [-0.1, -0.05) is 11.8 Å². The van der Waals surface area contributed by atoms with Crippen LogP contribution in [0.5, 0.6) is 11.5 Å². The summed E-state index contributed by atoms with van der Waals surface area (Å²) in [5.41, 5.74) is 2.43. The number of fused-ring (bicyclic) bond motifs is 1. The number of ether oxygens (including phenoxy) is 2. The highest BCUT2D eigenvalue weighted by Gasteiger charge is 2.13. The molecule has 0 spiro atoms. The zero-order chi connectivity index (χ0) is 13.9. The third-order valence-electron chi connectivity index (χ3n) is 2.57. The van der Waals surface area contributed by atoms with E-state index in [4.69, 9.17) is 15.3 Å². The second-order valence-electron chi connectivity index (χ2n) is 3.90. The van der Waals surface area contributed by atoms with Crippen molar-refractivity contribution >= 4 is 33.6 Å². The molecule has 1 aromatic heterocycles. The Kier molecular flexibility index (Phi) is 3.95. The predicted octanol–water partition coefficient (Wildman–Crippen LogP) is 2.45. The van der Waals surface area contributed by atoms with E-state index in [0.717, 1.165) is 25.9 Å². The van der Waals surface area contributed by atoms with Crippen LogP contribution in [-0.4, -0.2) is 23.2 Å². The largest absolute Gasteiger partial charge is 0.486 e. The molecule has 0 unspecified atom stereocenters. The first-order valence-corrected chi connectivity index (χ1v) is 7.44. The summed E-state index contributed by atoms with van der Waals surface area (Å²) in [4.78, 5) is 9.31. The van der Waals surface area contributed by atoms with Crippen LogP contribution < -0.4 is 20.7 Å². The van der Waals surface area contributed by atoms with Gasteiger partial charge in [-0.2, -0.15) is 0 Å². The van der Waals surface area contributed by atoms with Crippen LogP contribution in [-0.2, 0) is 0 Å². The van der Waals surface area contributed by atoms with E-state index in [-0.39, 0.29) is 0 Å². The SMILES string of the molecule is NNc1ncc(Br)c(Sc2ccc3c(c2)OCCO3)n1. The van der Waals surface area contributed by atoms with Crippen molar-refractivity contribution in [1.29, 1.82) is 0 Å². The van der Waals surface area contributed by atoms with Crippen LogP contribution in [0.4, 0.5) is 5.95 Å². The van der Waals surface area contributed by atoms with Gasteiger partial charge in [-0.3, -0.25) is 5.43 Å². The van der Waals surface area contributed by atoms with Gasteiger partial charge in [0.25, 0.3) is 0 Å². The molecule has 2 heterocycles. The smallest absolute Gasteiger partial charge is 0.238 e. The highest BCUT2D eigenvalue weighted by molar-refractivity contribution is 9.10. The lowest BCUT2D eigenvalue weighted by atomic mass is 10.3. The number of rotatable bonds is 3. The monoisotopic (exact) mass is 354 g/mol. The number of anilines is 1. The first kappa shape index (κ1) is 13.5.